The number of hydrogen-bond acceptors (Lipinski definition) is 4. The number of nitrogens with one attached hydrogen (secondary N) is 1. The quantitative estimate of drug-likeness (QED) is 0.908. The number of nitrogens with zero attached hydrogens (tertiary/aromatic N) is 1. The fraction of sp³-hybridized carbons (Fsp3) is 0.533. The van der Waals surface area contributed by atoms with Crippen molar-refractivity contribution in [2.24, 2.45) is 0 Å². The Labute approximate surface area is 131 Å². The van der Waals surface area contributed by atoms with Gasteiger partial charge in [0, 0.05) is 25.2 Å². The van der Waals surface area contributed by atoms with Crippen LogP contribution in [0, 0.1) is 0 Å². The van der Waals surface area contributed by atoms with Gasteiger partial charge in [0.2, 0.25) is 0 Å². The largest absolute Gasteiger partial charge is 0.491 e. The zero-order chi connectivity index (χ0) is 16.2. The molecular weight excluding hydrogens is 304 g/mol. The van der Waals surface area contributed by atoms with E-state index < -0.39 is 9.84 Å². The number of carbonyl (C=O) groups is 1. The van der Waals surface area contributed by atoms with E-state index in [4.69, 9.17) is 4.74 Å². The van der Waals surface area contributed by atoms with Crippen molar-refractivity contribution in [3.8, 4) is 5.75 Å². The molecule has 0 spiro atoms. The second kappa shape index (κ2) is 7.00. The molecule has 1 heterocycles. The average molecular weight is 326 g/mol. The van der Waals surface area contributed by atoms with Gasteiger partial charge in [-0.05, 0) is 19.9 Å². The fourth-order valence-corrected chi connectivity index (χ4v) is 3.42. The molecule has 1 fully saturated rings. The Morgan fingerprint density at radius 1 is 1.27 bits per heavy atom. The number of rotatable bonds is 4. The summed E-state index contributed by atoms with van der Waals surface area (Å²) in [4.78, 5) is 13.6. The topological polar surface area (TPSA) is 75.7 Å². The number of carbonyl (C=O) groups excluding carboxylic acids is 1. The molecular formula is C15H22N2O4S. The highest BCUT2D eigenvalue weighted by Crippen LogP contribution is 2.19. The molecule has 122 valence electrons. The van der Waals surface area contributed by atoms with Gasteiger partial charge in [-0.25, -0.2) is 13.2 Å². The number of urea groups is 1. The van der Waals surface area contributed by atoms with Gasteiger partial charge in [0.25, 0.3) is 0 Å². The normalized spacial score (nSPS) is 17.3. The number of ether oxygens (including phenoxy) is 1. The lowest BCUT2D eigenvalue weighted by atomic mass is 10.2. The number of para-hydroxylation sites is 1. The molecule has 0 unspecified atom stereocenters. The van der Waals surface area contributed by atoms with Crippen LogP contribution in [0.4, 0.5) is 4.79 Å². The highest BCUT2D eigenvalue weighted by molar-refractivity contribution is 7.91. The maximum absolute atomic E-state index is 12.1. The molecule has 0 saturated carbocycles. The van der Waals surface area contributed by atoms with E-state index >= 15 is 0 Å². The van der Waals surface area contributed by atoms with Crippen molar-refractivity contribution in [1.82, 2.24) is 10.2 Å². The van der Waals surface area contributed by atoms with Crippen LogP contribution < -0.4 is 10.1 Å². The number of sulfone groups is 1. The van der Waals surface area contributed by atoms with Crippen molar-refractivity contribution >= 4 is 15.9 Å². The molecule has 1 aromatic carbocycles. The van der Waals surface area contributed by atoms with Crippen LogP contribution in [0.2, 0.25) is 0 Å². The third-order valence-corrected chi connectivity index (χ3v) is 5.01. The third kappa shape index (κ3) is 4.62. The summed E-state index contributed by atoms with van der Waals surface area (Å²) >= 11 is 0. The van der Waals surface area contributed by atoms with E-state index in [1.807, 2.05) is 38.1 Å². The molecule has 0 radical (unpaired) electrons. The SMILES string of the molecule is CC(C)Oc1ccccc1CNC(=O)N1CCS(=O)(=O)CC1. The maximum atomic E-state index is 12.1. The Balaban J connectivity index is 1.92. The predicted octanol–water partition coefficient (Wildman–Crippen LogP) is 1.41. The molecule has 6 nitrogen and oxygen atoms in total. The van der Waals surface area contributed by atoms with Crippen LogP contribution in [0.15, 0.2) is 24.3 Å². The highest BCUT2D eigenvalue weighted by Gasteiger charge is 2.24. The first-order valence-electron chi connectivity index (χ1n) is 7.35. The van der Waals surface area contributed by atoms with E-state index in [1.165, 1.54) is 4.90 Å². The lowest BCUT2D eigenvalue weighted by Crippen LogP contribution is -2.48. The molecule has 2 rings (SSSR count). The van der Waals surface area contributed by atoms with Gasteiger partial charge in [0.05, 0.1) is 17.6 Å². The van der Waals surface area contributed by atoms with Crippen molar-refractivity contribution in [1.29, 1.82) is 0 Å². The van der Waals surface area contributed by atoms with Crippen LogP contribution >= 0.6 is 0 Å². The number of hydrogen-bond donors (Lipinski definition) is 1. The molecule has 0 atom stereocenters. The lowest BCUT2D eigenvalue weighted by molar-refractivity contribution is 0.201. The van der Waals surface area contributed by atoms with Crippen molar-refractivity contribution in [3.63, 3.8) is 0 Å². The van der Waals surface area contributed by atoms with Gasteiger partial charge in [-0.3, -0.25) is 0 Å². The van der Waals surface area contributed by atoms with E-state index in [-0.39, 0.29) is 36.7 Å². The second-order valence-corrected chi connectivity index (χ2v) is 7.88. The summed E-state index contributed by atoms with van der Waals surface area (Å²) in [5.41, 5.74) is 0.897. The van der Waals surface area contributed by atoms with Crippen LogP contribution in [0.5, 0.6) is 5.75 Å². The zero-order valence-corrected chi connectivity index (χ0v) is 13.7. The molecule has 1 N–H and O–H groups in total. The highest BCUT2D eigenvalue weighted by atomic mass is 32.2. The van der Waals surface area contributed by atoms with Crippen LogP contribution in [0.3, 0.4) is 0 Å². The van der Waals surface area contributed by atoms with Gasteiger partial charge in [0.1, 0.15) is 5.75 Å². The molecule has 1 aliphatic rings. The minimum absolute atomic E-state index is 0.0352. The van der Waals surface area contributed by atoms with Gasteiger partial charge < -0.3 is 15.0 Å². The fourth-order valence-electron chi connectivity index (χ4n) is 2.22. The van der Waals surface area contributed by atoms with Crippen molar-refractivity contribution in [3.05, 3.63) is 29.8 Å². The summed E-state index contributed by atoms with van der Waals surface area (Å²) in [6.07, 6.45) is 0.0594. The third-order valence-electron chi connectivity index (χ3n) is 3.40. The van der Waals surface area contributed by atoms with Crippen molar-refractivity contribution in [2.75, 3.05) is 24.6 Å². The monoisotopic (exact) mass is 326 g/mol. The molecule has 0 bridgehead atoms. The van der Waals surface area contributed by atoms with Gasteiger partial charge in [-0.1, -0.05) is 18.2 Å². The van der Waals surface area contributed by atoms with Crippen LogP contribution in [-0.2, 0) is 16.4 Å². The first-order chi connectivity index (χ1) is 10.4. The van der Waals surface area contributed by atoms with E-state index in [0.717, 1.165) is 11.3 Å². The summed E-state index contributed by atoms with van der Waals surface area (Å²) in [7, 11) is -2.98. The molecule has 1 aromatic rings. The Hall–Kier alpha value is -1.76. The van der Waals surface area contributed by atoms with Crippen molar-refractivity contribution in [2.45, 2.75) is 26.5 Å². The molecule has 1 aliphatic heterocycles. The standard InChI is InChI=1S/C15H22N2O4S/c1-12(2)21-14-6-4-3-5-13(14)11-16-15(18)17-7-9-22(19,20)10-8-17/h3-6,12H,7-11H2,1-2H3,(H,16,18). The molecule has 7 heteroatoms. The van der Waals surface area contributed by atoms with Crippen molar-refractivity contribution < 1.29 is 17.9 Å². The van der Waals surface area contributed by atoms with Crippen LogP contribution in [0.1, 0.15) is 19.4 Å². The van der Waals surface area contributed by atoms with E-state index in [9.17, 15) is 13.2 Å². The number of amides is 2. The zero-order valence-electron chi connectivity index (χ0n) is 12.9. The summed E-state index contributed by atoms with van der Waals surface area (Å²) in [6, 6.07) is 7.31. The van der Waals surface area contributed by atoms with Gasteiger partial charge in [0.15, 0.2) is 9.84 Å². The summed E-state index contributed by atoms with van der Waals surface area (Å²) < 4.78 is 28.4. The van der Waals surface area contributed by atoms with Crippen LogP contribution in [-0.4, -0.2) is 50.0 Å². The molecule has 2 amide bonds. The molecule has 22 heavy (non-hydrogen) atoms. The minimum Gasteiger partial charge on any atom is -0.491 e. The summed E-state index contributed by atoms with van der Waals surface area (Å²) in [5, 5.41) is 2.82. The number of benzene rings is 1. The summed E-state index contributed by atoms with van der Waals surface area (Å²) in [5.74, 6) is 0.819. The van der Waals surface area contributed by atoms with E-state index in [1.54, 1.807) is 0 Å². The smallest absolute Gasteiger partial charge is 0.317 e. The molecule has 0 aromatic heterocycles. The summed E-state index contributed by atoms with van der Waals surface area (Å²) in [6.45, 7) is 4.74. The first kappa shape index (κ1) is 16.6. The van der Waals surface area contributed by atoms with Crippen LogP contribution in [0.25, 0.3) is 0 Å². The first-order valence-corrected chi connectivity index (χ1v) is 9.17. The Bertz CT molecular complexity index is 614. The van der Waals surface area contributed by atoms with Gasteiger partial charge in [-0.15, -0.1) is 0 Å². The Morgan fingerprint density at radius 2 is 1.91 bits per heavy atom. The Kier molecular flexibility index (Phi) is 5.28. The second-order valence-electron chi connectivity index (χ2n) is 5.57. The van der Waals surface area contributed by atoms with Gasteiger partial charge in [-0.2, -0.15) is 0 Å². The van der Waals surface area contributed by atoms with E-state index in [0.29, 0.717) is 6.54 Å². The maximum Gasteiger partial charge on any atom is 0.317 e. The predicted molar refractivity (Wildman–Crippen MR) is 84.7 cm³/mol. The van der Waals surface area contributed by atoms with Gasteiger partial charge >= 0.3 is 6.03 Å². The molecule has 1 saturated heterocycles. The Morgan fingerprint density at radius 3 is 2.55 bits per heavy atom. The molecule has 0 aliphatic carbocycles. The minimum atomic E-state index is -2.98. The average Bonchev–Trinajstić information content (AvgIpc) is 2.45. The van der Waals surface area contributed by atoms with E-state index in [2.05, 4.69) is 5.32 Å². The lowest BCUT2D eigenvalue weighted by Gasteiger charge is -2.27.